The van der Waals surface area contributed by atoms with Crippen molar-refractivity contribution in [2.75, 3.05) is 30.9 Å². The lowest BCUT2D eigenvalue weighted by atomic mass is 10.3. The van der Waals surface area contributed by atoms with E-state index in [2.05, 4.69) is 17.6 Å². The lowest BCUT2D eigenvalue weighted by Crippen LogP contribution is -2.21. The first kappa shape index (κ1) is 17.7. The summed E-state index contributed by atoms with van der Waals surface area (Å²) in [5.74, 6) is 1.34. The van der Waals surface area contributed by atoms with Crippen LogP contribution in [0.5, 0.6) is 11.5 Å². The first-order chi connectivity index (χ1) is 11.7. The Labute approximate surface area is 143 Å². The Kier molecular flexibility index (Phi) is 6.95. The fraction of sp³-hybridized carbons (Fsp3) is 0.316. The van der Waals surface area contributed by atoms with Crippen LogP contribution in [0.25, 0.3) is 0 Å². The summed E-state index contributed by atoms with van der Waals surface area (Å²) in [4.78, 5) is 12.1. The van der Waals surface area contributed by atoms with Gasteiger partial charge in [0.25, 0.3) is 0 Å². The predicted molar refractivity (Wildman–Crippen MR) is 97.0 cm³/mol. The summed E-state index contributed by atoms with van der Waals surface area (Å²) in [7, 11) is 1.60. The lowest BCUT2D eigenvalue weighted by molar-refractivity contribution is -0.114. The Morgan fingerprint density at radius 1 is 1.12 bits per heavy atom. The number of carbonyl (C=O) groups excluding carboxylic acids is 1. The molecule has 2 rings (SSSR count). The first-order valence-corrected chi connectivity index (χ1v) is 8.12. The van der Waals surface area contributed by atoms with Crippen molar-refractivity contribution in [2.24, 2.45) is 0 Å². The van der Waals surface area contributed by atoms with E-state index in [0.29, 0.717) is 12.4 Å². The van der Waals surface area contributed by atoms with E-state index in [1.807, 2.05) is 48.5 Å². The smallest absolute Gasteiger partial charge is 0.243 e. The second-order valence-electron chi connectivity index (χ2n) is 5.33. The normalized spacial score (nSPS) is 10.1. The van der Waals surface area contributed by atoms with Gasteiger partial charge >= 0.3 is 0 Å². The molecule has 0 radical (unpaired) electrons. The summed E-state index contributed by atoms with van der Waals surface area (Å²) in [6, 6.07) is 14.9. The molecule has 0 fully saturated rings. The third kappa shape index (κ3) is 5.50. The number of methoxy groups -OCH3 is 1. The molecule has 0 aliphatic heterocycles. The highest BCUT2D eigenvalue weighted by atomic mass is 16.5. The molecule has 2 N–H and O–H groups in total. The maximum Gasteiger partial charge on any atom is 0.243 e. The monoisotopic (exact) mass is 328 g/mol. The van der Waals surface area contributed by atoms with Gasteiger partial charge in [0.1, 0.15) is 11.5 Å². The zero-order chi connectivity index (χ0) is 17.2. The third-order valence-electron chi connectivity index (χ3n) is 3.43. The van der Waals surface area contributed by atoms with E-state index in [1.165, 1.54) is 0 Å². The van der Waals surface area contributed by atoms with Gasteiger partial charge in [0.15, 0.2) is 0 Å². The minimum absolute atomic E-state index is 0.133. The Bertz CT molecular complexity index is 659. The largest absolute Gasteiger partial charge is 0.495 e. The van der Waals surface area contributed by atoms with Crippen LogP contribution in [0.3, 0.4) is 0 Å². The molecule has 128 valence electrons. The molecule has 0 atom stereocenters. The van der Waals surface area contributed by atoms with Crippen LogP contribution in [0.2, 0.25) is 0 Å². The molecule has 5 heteroatoms. The van der Waals surface area contributed by atoms with Crippen LogP contribution in [0.15, 0.2) is 48.5 Å². The van der Waals surface area contributed by atoms with Crippen LogP contribution in [-0.2, 0) is 4.79 Å². The molecule has 5 nitrogen and oxygen atoms in total. The van der Waals surface area contributed by atoms with Gasteiger partial charge in [0.2, 0.25) is 5.91 Å². The van der Waals surface area contributed by atoms with Gasteiger partial charge in [0, 0.05) is 11.8 Å². The van der Waals surface area contributed by atoms with Gasteiger partial charge in [0.05, 0.1) is 25.9 Å². The average molecular weight is 328 g/mol. The van der Waals surface area contributed by atoms with E-state index in [1.54, 1.807) is 7.11 Å². The van der Waals surface area contributed by atoms with E-state index in [0.717, 1.165) is 30.0 Å². The Hall–Kier alpha value is -2.69. The second-order valence-corrected chi connectivity index (χ2v) is 5.33. The number of hydrogen-bond donors (Lipinski definition) is 2. The van der Waals surface area contributed by atoms with Gasteiger partial charge in [-0.3, -0.25) is 4.79 Å². The molecule has 0 heterocycles. The number of amides is 1. The fourth-order valence-electron chi connectivity index (χ4n) is 2.17. The number of para-hydroxylation sites is 2. The Morgan fingerprint density at radius 2 is 1.96 bits per heavy atom. The highest BCUT2D eigenvalue weighted by molar-refractivity contribution is 5.94. The number of carbonyl (C=O) groups is 1. The van der Waals surface area contributed by atoms with Crippen LogP contribution in [0.1, 0.15) is 19.8 Å². The zero-order valence-corrected chi connectivity index (χ0v) is 14.2. The second kappa shape index (κ2) is 9.45. The van der Waals surface area contributed by atoms with E-state index < -0.39 is 0 Å². The minimum atomic E-state index is -0.133. The number of benzene rings is 2. The number of hydrogen-bond acceptors (Lipinski definition) is 4. The van der Waals surface area contributed by atoms with Gasteiger partial charge in [-0.15, -0.1) is 0 Å². The number of unbranched alkanes of at least 4 members (excludes halogenated alkanes) is 1. The topological polar surface area (TPSA) is 59.6 Å². The quantitative estimate of drug-likeness (QED) is 0.685. The van der Waals surface area contributed by atoms with Gasteiger partial charge in [-0.1, -0.05) is 31.5 Å². The summed E-state index contributed by atoms with van der Waals surface area (Å²) < 4.78 is 10.9. The van der Waals surface area contributed by atoms with Gasteiger partial charge in [-0.2, -0.15) is 0 Å². The molecule has 24 heavy (non-hydrogen) atoms. The van der Waals surface area contributed by atoms with Crippen molar-refractivity contribution in [1.29, 1.82) is 0 Å². The molecule has 0 aliphatic carbocycles. The standard InChI is InChI=1S/C19H24N2O3/c1-3-4-12-24-16-9-7-8-15(13-16)21-19(22)14-20-17-10-5-6-11-18(17)23-2/h5-11,13,20H,3-4,12,14H2,1-2H3,(H,21,22). The number of ether oxygens (including phenoxy) is 2. The van der Waals surface area contributed by atoms with Crippen molar-refractivity contribution < 1.29 is 14.3 Å². The molecule has 0 bridgehead atoms. The molecular weight excluding hydrogens is 304 g/mol. The molecule has 0 saturated carbocycles. The molecule has 0 spiro atoms. The summed E-state index contributed by atoms with van der Waals surface area (Å²) in [6.45, 7) is 2.96. The summed E-state index contributed by atoms with van der Waals surface area (Å²) in [5.41, 5.74) is 1.50. The summed E-state index contributed by atoms with van der Waals surface area (Å²) in [6.07, 6.45) is 2.10. The molecule has 2 aromatic rings. The molecule has 2 aromatic carbocycles. The van der Waals surface area contributed by atoms with Crippen LogP contribution in [-0.4, -0.2) is 26.2 Å². The SMILES string of the molecule is CCCCOc1cccc(NC(=O)CNc2ccccc2OC)c1. The van der Waals surface area contributed by atoms with Crippen LogP contribution >= 0.6 is 0 Å². The molecule has 0 unspecified atom stereocenters. The summed E-state index contributed by atoms with van der Waals surface area (Å²) in [5, 5.41) is 5.93. The van der Waals surface area contributed by atoms with E-state index in [4.69, 9.17) is 9.47 Å². The molecule has 1 amide bonds. The average Bonchev–Trinajstić information content (AvgIpc) is 2.61. The molecule has 0 aromatic heterocycles. The number of anilines is 2. The van der Waals surface area contributed by atoms with Crippen LogP contribution in [0.4, 0.5) is 11.4 Å². The highest BCUT2D eigenvalue weighted by Crippen LogP contribution is 2.23. The fourth-order valence-corrected chi connectivity index (χ4v) is 2.17. The van der Waals surface area contributed by atoms with E-state index in [9.17, 15) is 4.79 Å². The van der Waals surface area contributed by atoms with Crippen molar-refractivity contribution in [3.63, 3.8) is 0 Å². The Morgan fingerprint density at radius 3 is 2.75 bits per heavy atom. The van der Waals surface area contributed by atoms with Crippen LogP contribution < -0.4 is 20.1 Å². The zero-order valence-electron chi connectivity index (χ0n) is 14.2. The van der Waals surface area contributed by atoms with E-state index in [-0.39, 0.29) is 12.5 Å². The van der Waals surface area contributed by atoms with Gasteiger partial charge in [-0.25, -0.2) is 0 Å². The van der Waals surface area contributed by atoms with Crippen molar-refractivity contribution in [2.45, 2.75) is 19.8 Å². The molecule has 0 aliphatic rings. The van der Waals surface area contributed by atoms with Crippen molar-refractivity contribution >= 4 is 17.3 Å². The number of rotatable bonds is 9. The third-order valence-corrected chi connectivity index (χ3v) is 3.43. The minimum Gasteiger partial charge on any atom is -0.495 e. The predicted octanol–water partition coefficient (Wildman–Crippen LogP) is 3.92. The van der Waals surface area contributed by atoms with Gasteiger partial charge < -0.3 is 20.1 Å². The van der Waals surface area contributed by atoms with Gasteiger partial charge in [-0.05, 0) is 30.7 Å². The van der Waals surface area contributed by atoms with Crippen molar-refractivity contribution in [3.05, 3.63) is 48.5 Å². The highest BCUT2D eigenvalue weighted by Gasteiger charge is 2.06. The van der Waals surface area contributed by atoms with Crippen molar-refractivity contribution in [1.82, 2.24) is 0 Å². The lowest BCUT2D eigenvalue weighted by Gasteiger charge is -2.12. The van der Waals surface area contributed by atoms with Crippen molar-refractivity contribution in [3.8, 4) is 11.5 Å². The van der Waals surface area contributed by atoms with E-state index >= 15 is 0 Å². The maximum absolute atomic E-state index is 12.1. The molecule has 0 saturated heterocycles. The summed E-state index contributed by atoms with van der Waals surface area (Å²) >= 11 is 0. The first-order valence-electron chi connectivity index (χ1n) is 8.12. The number of nitrogens with one attached hydrogen (secondary N) is 2. The maximum atomic E-state index is 12.1. The Balaban J connectivity index is 1.87. The van der Waals surface area contributed by atoms with Crippen LogP contribution in [0, 0.1) is 0 Å². The molecular formula is C19H24N2O3.